The van der Waals surface area contributed by atoms with Gasteiger partial charge in [-0.3, -0.25) is 0 Å². The number of ether oxygens (including phenoxy) is 1. The molecule has 0 aliphatic carbocycles. The molecule has 1 atom stereocenters. The van der Waals surface area contributed by atoms with Gasteiger partial charge in [0.05, 0.1) is 6.10 Å². The molecule has 1 aliphatic rings. The van der Waals surface area contributed by atoms with Gasteiger partial charge < -0.3 is 10.5 Å². The predicted octanol–water partition coefficient (Wildman–Crippen LogP) is 1.13. The maximum Gasteiger partial charge on any atom is 0.243 e. The van der Waals surface area contributed by atoms with Gasteiger partial charge in [-0.2, -0.15) is 0 Å². The molecule has 7 heteroatoms. The van der Waals surface area contributed by atoms with E-state index in [0.29, 0.717) is 12.0 Å². The molecule has 1 heterocycles. The lowest BCUT2D eigenvalue weighted by molar-refractivity contribution is 0.105. The van der Waals surface area contributed by atoms with E-state index in [1.807, 2.05) is 0 Å². The molecule has 1 aliphatic heterocycles. The number of hydrogen-bond donors (Lipinski definition) is 2. The quantitative estimate of drug-likeness (QED) is 0.825. The van der Waals surface area contributed by atoms with Crippen LogP contribution in [0.2, 0.25) is 0 Å². The summed E-state index contributed by atoms with van der Waals surface area (Å²) >= 11 is 0. The van der Waals surface area contributed by atoms with Gasteiger partial charge in [0.1, 0.15) is 10.7 Å². The first kappa shape index (κ1) is 15.4. The molecule has 1 fully saturated rings. The summed E-state index contributed by atoms with van der Waals surface area (Å²) in [6, 6.07) is 3.86. The minimum absolute atomic E-state index is 0.0953. The van der Waals surface area contributed by atoms with Crippen molar-refractivity contribution >= 4 is 10.0 Å². The molecular formula is C13H19FN2O3S. The lowest BCUT2D eigenvalue weighted by atomic mass is 10.2. The van der Waals surface area contributed by atoms with Crippen LogP contribution in [-0.2, 0) is 21.3 Å². The Kier molecular flexibility index (Phi) is 5.09. The topological polar surface area (TPSA) is 81.4 Å². The minimum atomic E-state index is -3.85. The standard InChI is InChI=1S/C13H19FN2O3S/c14-12-4-3-10(9-15)8-13(12)20(17,18)16-6-5-11-2-1-7-19-11/h3-4,8,11,16H,1-2,5-7,9,15H2. The van der Waals surface area contributed by atoms with Gasteiger partial charge in [0.25, 0.3) is 0 Å². The maximum atomic E-state index is 13.6. The third-order valence-corrected chi connectivity index (χ3v) is 4.78. The van der Waals surface area contributed by atoms with E-state index >= 15 is 0 Å². The molecule has 0 aromatic heterocycles. The van der Waals surface area contributed by atoms with Gasteiger partial charge in [-0.05, 0) is 37.0 Å². The van der Waals surface area contributed by atoms with Crippen LogP contribution < -0.4 is 10.5 Å². The van der Waals surface area contributed by atoms with Crippen molar-refractivity contribution in [3.05, 3.63) is 29.6 Å². The second-order valence-corrected chi connectivity index (χ2v) is 6.53. The molecule has 112 valence electrons. The molecule has 20 heavy (non-hydrogen) atoms. The number of halogens is 1. The zero-order valence-electron chi connectivity index (χ0n) is 11.1. The zero-order chi connectivity index (χ0) is 14.6. The Morgan fingerprint density at radius 2 is 2.25 bits per heavy atom. The van der Waals surface area contributed by atoms with Crippen molar-refractivity contribution in [3.8, 4) is 0 Å². The molecule has 1 aromatic rings. The lowest BCUT2D eigenvalue weighted by Gasteiger charge is -2.11. The molecule has 1 saturated heterocycles. The molecule has 5 nitrogen and oxygen atoms in total. The third-order valence-electron chi connectivity index (χ3n) is 3.30. The number of nitrogens with two attached hydrogens (primary N) is 1. The highest BCUT2D eigenvalue weighted by Crippen LogP contribution is 2.17. The van der Waals surface area contributed by atoms with Crippen LogP contribution in [0.25, 0.3) is 0 Å². The zero-order valence-corrected chi connectivity index (χ0v) is 12.0. The maximum absolute atomic E-state index is 13.6. The van der Waals surface area contributed by atoms with E-state index in [0.717, 1.165) is 25.5 Å². The Balaban J connectivity index is 2.01. The molecule has 0 radical (unpaired) electrons. The molecule has 2 rings (SSSR count). The average Bonchev–Trinajstić information content (AvgIpc) is 2.92. The minimum Gasteiger partial charge on any atom is -0.378 e. The van der Waals surface area contributed by atoms with Crippen molar-refractivity contribution in [2.24, 2.45) is 5.73 Å². The Morgan fingerprint density at radius 1 is 1.45 bits per heavy atom. The van der Waals surface area contributed by atoms with Crippen molar-refractivity contribution in [2.45, 2.75) is 36.8 Å². The lowest BCUT2D eigenvalue weighted by Crippen LogP contribution is -2.28. The summed E-state index contributed by atoms with van der Waals surface area (Å²) in [5.41, 5.74) is 6.02. The fourth-order valence-corrected chi connectivity index (χ4v) is 3.36. The number of nitrogens with one attached hydrogen (secondary N) is 1. The van der Waals surface area contributed by atoms with Crippen LogP contribution in [-0.4, -0.2) is 27.7 Å². The smallest absolute Gasteiger partial charge is 0.243 e. The van der Waals surface area contributed by atoms with Crippen LogP contribution >= 0.6 is 0 Å². The highest BCUT2D eigenvalue weighted by atomic mass is 32.2. The van der Waals surface area contributed by atoms with Crippen molar-refractivity contribution < 1.29 is 17.5 Å². The van der Waals surface area contributed by atoms with Crippen molar-refractivity contribution in [3.63, 3.8) is 0 Å². The van der Waals surface area contributed by atoms with Gasteiger partial charge in [0, 0.05) is 19.7 Å². The summed E-state index contributed by atoms with van der Waals surface area (Å²) in [6.45, 7) is 1.13. The molecule has 0 spiro atoms. The third kappa shape index (κ3) is 3.76. The van der Waals surface area contributed by atoms with E-state index in [-0.39, 0.29) is 24.1 Å². The fourth-order valence-electron chi connectivity index (χ4n) is 2.18. The first-order chi connectivity index (χ1) is 9.53. The molecule has 0 amide bonds. The highest BCUT2D eigenvalue weighted by molar-refractivity contribution is 7.89. The van der Waals surface area contributed by atoms with E-state index in [1.165, 1.54) is 12.1 Å². The van der Waals surface area contributed by atoms with Crippen LogP contribution in [0.5, 0.6) is 0 Å². The highest BCUT2D eigenvalue weighted by Gasteiger charge is 2.21. The summed E-state index contributed by atoms with van der Waals surface area (Å²) in [5.74, 6) is -0.771. The Labute approximate surface area is 118 Å². The Morgan fingerprint density at radius 3 is 2.90 bits per heavy atom. The Hall–Kier alpha value is -1.02. The first-order valence-corrected chi connectivity index (χ1v) is 8.11. The number of sulfonamides is 1. The predicted molar refractivity (Wildman–Crippen MR) is 73.1 cm³/mol. The van der Waals surface area contributed by atoms with Gasteiger partial charge in [0.15, 0.2) is 0 Å². The molecule has 3 N–H and O–H groups in total. The van der Waals surface area contributed by atoms with E-state index in [1.54, 1.807) is 0 Å². The van der Waals surface area contributed by atoms with Crippen LogP contribution in [0.3, 0.4) is 0 Å². The van der Waals surface area contributed by atoms with E-state index in [9.17, 15) is 12.8 Å². The number of benzene rings is 1. The van der Waals surface area contributed by atoms with Crippen molar-refractivity contribution in [1.29, 1.82) is 0 Å². The van der Waals surface area contributed by atoms with Gasteiger partial charge in [-0.25, -0.2) is 17.5 Å². The monoisotopic (exact) mass is 302 g/mol. The second-order valence-electron chi connectivity index (χ2n) is 4.79. The summed E-state index contributed by atoms with van der Waals surface area (Å²) < 4.78 is 45.6. The average molecular weight is 302 g/mol. The van der Waals surface area contributed by atoms with E-state index in [4.69, 9.17) is 10.5 Å². The molecule has 1 unspecified atom stereocenters. The van der Waals surface area contributed by atoms with Gasteiger partial charge in [-0.1, -0.05) is 6.07 Å². The van der Waals surface area contributed by atoms with Gasteiger partial charge >= 0.3 is 0 Å². The first-order valence-electron chi connectivity index (χ1n) is 6.62. The van der Waals surface area contributed by atoms with Crippen molar-refractivity contribution in [1.82, 2.24) is 4.72 Å². The van der Waals surface area contributed by atoms with Gasteiger partial charge in [0.2, 0.25) is 10.0 Å². The molecular weight excluding hydrogens is 283 g/mol. The van der Waals surface area contributed by atoms with E-state index < -0.39 is 15.8 Å². The summed E-state index contributed by atoms with van der Waals surface area (Å²) in [6.07, 6.45) is 2.64. The Bertz CT molecular complexity index is 557. The van der Waals surface area contributed by atoms with Crippen LogP contribution in [0.4, 0.5) is 4.39 Å². The fraction of sp³-hybridized carbons (Fsp3) is 0.538. The summed E-state index contributed by atoms with van der Waals surface area (Å²) in [5, 5.41) is 0. The van der Waals surface area contributed by atoms with Crippen molar-refractivity contribution in [2.75, 3.05) is 13.2 Å². The van der Waals surface area contributed by atoms with Crippen LogP contribution in [0.1, 0.15) is 24.8 Å². The largest absolute Gasteiger partial charge is 0.378 e. The van der Waals surface area contributed by atoms with Crippen LogP contribution in [0.15, 0.2) is 23.1 Å². The molecule has 0 bridgehead atoms. The van der Waals surface area contributed by atoms with E-state index in [2.05, 4.69) is 4.72 Å². The summed E-state index contributed by atoms with van der Waals surface area (Å²) in [7, 11) is -3.85. The number of rotatable bonds is 6. The normalized spacial score (nSPS) is 19.4. The summed E-state index contributed by atoms with van der Waals surface area (Å²) in [4.78, 5) is -0.354. The molecule has 1 aromatic carbocycles. The molecule has 0 saturated carbocycles. The van der Waals surface area contributed by atoms with Gasteiger partial charge in [-0.15, -0.1) is 0 Å². The SMILES string of the molecule is NCc1ccc(F)c(S(=O)(=O)NCCC2CCCO2)c1. The second kappa shape index (κ2) is 6.62. The van der Waals surface area contributed by atoms with Crippen LogP contribution in [0, 0.1) is 5.82 Å². The number of hydrogen-bond acceptors (Lipinski definition) is 4.